The number of fused-ring (bicyclic) bond motifs is 1. The lowest BCUT2D eigenvalue weighted by Gasteiger charge is -2.37. The Balaban J connectivity index is 1.29. The van der Waals surface area contributed by atoms with Gasteiger partial charge in [-0.3, -0.25) is 9.59 Å². The van der Waals surface area contributed by atoms with Gasteiger partial charge in [-0.2, -0.15) is 10.1 Å². The van der Waals surface area contributed by atoms with Crippen molar-refractivity contribution in [2.45, 2.75) is 19.4 Å². The molecule has 3 aliphatic carbocycles. The van der Waals surface area contributed by atoms with Crippen LogP contribution in [0, 0.1) is 23.7 Å². The normalized spacial score (nSPS) is 27.2. The van der Waals surface area contributed by atoms with Crippen LogP contribution in [0.3, 0.4) is 0 Å². The standard InChI is InChI=1S/C24H21ClN2O3/c25-20-7-2-1-5-18(20)14-30-19-6-3-4-15(12-19)13-26-27-23(28)21-16-8-9-17(11-10-16)22(21)24(27)29/h1-9,12-13,16-17,21-22H,10-11,14H2/b26-13+. The lowest BCUT2D eigenvalue weighted by Crippen LogP contribution is -2.38. The SMILES string of the molecule is O=C1C2C3C=CC(CC3)C2C(=O)N1/N=C/c1cccc(OCc2ccccc2Cl)c1. The number of amides is 2. The van der Waals surface area contributed by atoms with Gasteiger partial charge in [0.1, 0.15) is 12.4 Å². The second-order valence-corrected chi connectivity index (χ2v) is 8.43. The van der Waals surface area contributed by atoms with Crippen molar-refractivity contribution in [3.8, 4) is 5.75 Å². The molecule has 152 valence electrons. The molecule has 30 heavy (non-hydrogen) atoms. The summed E-state index contributed by atoms with van der Waals surface area (Å²) in [6.07, 6.45) is 7.71. The van der Waals surface area contributed by atoms with Crippen molar-refractivity contribution in [3.63, 3.8) is 0 Å². The molecule has 5 nitrogen and oxygen atoms in total. The van der Waals surface area contributed by atoms with E-state index in [-0.39, 0.29) is 35.5 Å². The Labute approximate surface area is 180 Å². The summed E-state index contributed by atoms with van der Waals surface area (Å²) in [4.78, 5) is 25.7. The lowest BCUT2D eigenvalue weighted by atomic mass is 9.63. The Morgan fingerprint density at radius 3 is 2.37 bits per heavy atom. The van der Waals surface area contributed by atoms with Crippen LogP contribution in [0.1, 0.15) is 24.0 Å². The van der Waals surface area contributed by atoms with Crippen LogP contribution in [-0.4, -0.2) is 23.0 Å². The van der Waals surface area contributed by atoms with Crippen molar-refractivity contribution >= 4 is 29.6 Å². The number of carbonyl (C=O) groups is 2. The van der Waals surface area contributed by atoms with Gasteiger partial charge in [-0.1, -0.05) is 54.1 Å². The first kappa shape index (κ1) is 19.1. The van der Waals surface area contributed by atoms with Gasteiger partial charge < -0.3 is 4.74 Å². The highest BCUT2D eigenvalue weighted by atomic mass is 35.5. The van der Waals surface area contributed by atoms with E-state index in [2.05, 4.69) is 17.3 Å². The zero-order valence-electron chi connectivity index (χ0n) is 16.3. The van der Waals surface area contributed by atoms with Crippen LogP contribution in [0.5, 0.6) is 5.75 Å². The first-order chi connectivity index (χ1) is 14.6. The van der Waals surface area contributed by atoms with Crippen molar-refractivity contribution in [3.05, 3.63) is 76.8 Å². The van der Waals surface area contributed by atoms with E-state index in [1.807, 2.05) is 48.5 Å². The van der Waals surface area contributed by atoms with E-state index in [0.29, 0.717) is 17.4 Å². The van der Waals surface area contributed by atoms with E-state index in [0.717, 1.165) is 29.0 Å². The Morgan fingerprint density at radius 2 is 1.70 bits per heavy atom. The highest BCUT2D eigenvalue weighted by molar-refractivity contribution is 6.31. The van der Waals surface area contributed by atoms with Crippen LogP contribution in [-0.2, 0) is 16.2 Å². The maximum Gasteiger partial charge on any atom is 0.254 e. The predicted octanol–water partition coefficient (Wildman–Crippen LogP) is 4.45. The number of nitrogens with zero attached hydrogens (tertiary/aromatic N) is 2. The number of imide groups is 1. The minimum Gasteiger partial charge on any atom is -0.489 e. The van der Waals surface area contributed by atoms with E-state index < -0.39 is 0 Å². The third kappa shape index (κ3) is 3.33. The zero-order valence-corrected chi connectivity index (χ0v) is 17.0. The van der Waals surface area contributed by atoms with Crippen LogP contribution in [0.2, 0.25) is 5.02 Å². The molecule has 2 aromatic carbocycles. The molecule has 0 radical (unpaired) electrons. The van der Waals surface area contributed by atoms with E-state index in [1.54, 1.807) is 6.21 Å². The molecule has 0 N–H and O–H groups in total. The van der Waals surface area contributed by atoms with Crippen LogP contribution >= 0.6 is 11.6 Å². The molecule has 2 bridgehead atoms. The summed E-state index contributed by atoms with van der Waals surface area (Å²) >= 11 is 6.17. The number of rotatable bonds is 5. The molecule has 2 amide bonds. The van der Waals surface area contributed by atoms with Crippen LogP contribution in [0.15, 0.2) is 65.8 Å². The van der Waals surface area contributed by atoms with E-state index in [9.17, 15) is 9.59 Å². The number of carbonyl (C=O) groups excluding carboxylic acids is 2. The minimum atomic E-state index is -0.247. The highest BCUT2D eigenvalue weighted by Crippen LogP contribution is 2.49. The number of benzene rings is 2. The summed E-state index contributed by atoms with van der Waals surface area (Å²) in [7, 11) is 0. The van der Waals surface area contributed by atoms with Crippen LogP contribution in [0.25, 0.3) is 0 Å². The first-order valence-electron chi connectivity index (χ1n) is 10.2. The summed E-state index contributed by atoms with van der Waals surface area (Å²) in [5.74, 6) is 0.149. The molecule has 6 rings (SSSR count). The molecule has 1 saturated carbocycles. The van der Waals surface area contributed by atoms with Crippen molar-refractivity contribution in [1.82, 2.24) is 5.01 Å². The van der Waals surface area contributed by atoms with Crippen molar-refractivity contribution in [2.24, 2.45) is 28.8 Å². The monoisotopic (exact) mass is 420 g/mol. The van der Waals surface area contributed by atoms with Crippen molar-refractivity contribution in [2.75, 3.05) is 0 Å². The number of hydrogen-bond donors (Lipinski definition) is 0. The number of ether oxygens (including phenoxy) is 1. The van der Waals surface area contributed by atoms with Gasteiger partial charge in [0.15, 0.2) is 0 Å². The molecule has 1 saturated heterocycles. The smallest absolute Gasteiger partial charge is 0.254 e. The van der Waals surface area contributed by atoms with Gasteiger partial charge in [0.05, 0.1) is 18.1 Å². The predicted molar refractivity (Wildman–Crippen MR) is 114 cm³/mol. The number of halogens is 1. The third-order valence-electron chi connectivity index (χ3n) is 6.27. The Hall–Kier alpha value is -2.92. The molecule has 1 aliphatic heterocycles. The maximum atomic E-state index is 12.8. The van der Waals surface area contributed by atoms with E-state index in [4.69, 9.17) is 16.3 Å². The molecule has 2 fully saturated rings. The molecule has 4 aliphatic rings. The fourth-order valence-corrected chi connectivity index (χ4v) is 4.95. The number of allylic oxidation sites excluding steroid dienone is 2. The summed E-state index contributed by atoms with van der Waals surface area (Å²) in [6.45, 7) is 0.350. The molecular formula is C24H21ClN2O3. The molecule has 0 aromatic heterocycles. The van der Waals surface area contributed by atoms with Crippen molar-refractivity contribution in [1.29, 1.82) is 0 Å². The maximum absolute atomic E-state index is 12.8. The fraction of sp³-hybridized carbons (Fsp3) is 0.292. The summed E-state index contributed by atoms with van der Waals surface area (Å²) < 4.78 is 5.84. The highest BCUT2D eigenvalue weighted by Gasteiger charge is 2.56. The summed E-state index contributed by atoms with van der Waals surface area (Å²) in [5.41, 5.74) is 1.65. The van der Waals surface area contributed by atoms with Gasteiger partial charge in [0, 0.05) is 10.6 Å². The van der Waals surface area contributed by atoms with Gasteiger partial charge in [0.25, 0.3) is 11.8 Å². The molecule has 0 spiro atoms. The van der Waals surface area contributed by atoms with E-state index in [1.165, 1.54) is 0 Å². The van der Waals surface area contributed by atoms with Crippen LogP contribution < -0.4 is 4.74 Å². The van der Waals surface area contributed by atoms with Gasteiger partial charge in [-0.25, -0.2) is 0 Å². The second kappa shape index (κ2) is 7.73. The van der Waals surface area contributed by atoms with Gasteiger partial charge in [-0.05, 0) is 48.4 Å². The topological polar surface area (TPSA) is 59.0 Å². The van der Waals surface area contributed by atoms with Gasteiger partial charge >= 0.3 is 0 Å². The molecule has 2 aromatic rings. The largest absolute Gasteiger partial charge is 0.489 e. The lowest BCUT2D eigenvalue weighted by molar-refractivity contribution is -0.140. The van der Waals surface area contributed by atoms with Crippen LogP contribution in [0.4, 0.5) is 0 Å². The molecule has 1 heterocycles. The summed E-state index contributed by atoms with van der Waals surface area (Å²) in [5, 5.41) is 5.99. The second-order valence-electron chi connectivity index (χ2n) is 8.03. The quantitative estimate of drug-likeness (QED) is 0.408. The van der Waals surface area contributed by atoms with Crippen molar-refractivity contribution < 1.29 is 14.3 Å². The zero-order chi connectivity index (χ0) is 20.7. The third-order valence-corrected chi connectivity index (χ3v) is 6.64. The van der Waals surface area contributed by atoms with E-state index >= 15 is 0 Å². The number of hydrazone groups is 1. The molecular weight excluding hydrogens is 400 g/mol. The summed E-state index contributed by atoms with van der Waals surface area (Å²) in [6, 6.07) is 14.9. The van der Waals surface area contributed by atoms with Gasteiger partial charge in [-0.15, -0.1) is 0 Å². The fourth-order valence-electron chi connectivity index (χ4n) is 4.76. The average molecular weight is 421 g/mol. The Morgan fingerprint density at radius 1 is 1.00 bits per heavy atom. The van der Waals surface area contributed by atoms with Gasteiger partial charge in [0.2, 0.25) is 0 Å². The average Bonchev–Trinajstić information content (AvgIpc) is 3.05. The minimum absolute atomic E-state index is 0.165. The Bertz CT molecular complexity index is 1030. The number of hydrogen-bond acceptors (Lipinski definition) is 4. The first-order valence-corrected chi connectivity index (χ1v) is 10.6. The molecule has 4 unspecified atom stereocenters. The molecule has 6 heteroatoms. The molecule has 4 atom stereocenters. The Kier molecular flexibility index (Phi) is 4.91.